The lowest BCUT2D eigenvalue weighted by Crippen LogP contribution is -1.99. The quantitative estimate of drug-likeness (QED) is 0.859. The molecule has 94 valence electrons. The van der Waals surface area contributed by atoms with Gasteiger partial charge in [-0.05, 0) is 18.2 Å². The summed E-state index contributed by atoms with van der Waals surface area (Å²) in [6.07, 6.45) is 0. The molecule has 0 saturated carbocycles. The van der Waals surface area contributed by atoms with E-state index in [9.17, 15) is 9.90 Å². The number of ether oxygens (including phenoxy) is 1. The topological polar surface area (TPSA) is 84.6 Å². The van der Waals surface area contributed by atoms with Crippen LogP contribution < -0.4 is 4.74 Å². The third-order valence-corrected chi connectivity index (χ3v) is 2.59. The van der Waals surface area contributed by atoms with Crippen molar-refractivity contribution in [1.82, 2.24) is 9.78 Å². The molecule has 2 N–H and O–H groups in total. The van der Waals surface area contributed by atoms with E-state index in [2.05, 4.69) is 5.10 Å². The SMILES string of the molecule is COc1cccc(-c2cc(C(=O)O)nn2C)c1O. The molecule has 0 unspecified atom stereocenters. The van der Waals surface area contributed by atoms with Gasteiger partial charge >= 0.3 is 5.97 Å². The summed E-state index contributed by atoms with van der Waals surface area (Å²) < 4.78 is 6.41. The first-order chi connectivity index (χ1) is 8.54. The van der Waals surface area contributed by atoms with Gasteiger partial charge in [0.2, 0.25) is 0 Å². The van der Waals surface area contributed by atoms with Crippen LogP contribution in [0.5, 0.6) is 11.5 Å². The number of aromatic carboxylic acids is 1. The molecule has 18 heavy (non-hydrogen) atoms. The Morgan fingerprint density at radius 2 is 2.17 bits per heavy atom. The molecular formula is C12H12N2O4. The van der Waals surface area contributed by atoms with Crippen molar-refractivity contribution in [3.05, 3.63) is 30.0 Å². The third kappa shape index (κ3) is 1.88. The highest BCUT2D eigenvalue weighted by molar-refractivity contribution is 5.87. The van der Waals surface area contributed by atoms with Gasteiger partial charge in [0.15, 0.2) is 17.2 Å². The van der Waals surface area contributed by atoms with E-state index in [1.807, 2.05) is 0 Å². The van der Waals surface area contributed by atoms with E-state index in [0.717, 1.165) is 0 Å². The van der Waals surface area contributed by atoms with Gasteiger partial charge in [-0.1, -0.05) is 6.07 Å². The molecule has 0 amide bonds. The zero-order chi connectivity index (χ0) is 13.3. The molecule has 0 aliphatic rings. The highest BCUT2D eigenvalue weighted by Gasteiger charge is 2.16. The predicted molar refractivity (Wildman–Crippen MR) is 63.8 cm³/mol. The lowest BCUT2D eigenvalue weighted by molar-refractivity contribution is 0.0689. The highest BCUT2D eigenvalue weighted by Crippen LogP contribution is 2.36. The number of para-hydroxylation sites is 1. The normalized spacial score (nSPS) is 10.3. The van der Waals surface area contributed by atoms with Crippen LogP contribution in [-0.2, 0) is 7.05 Å². The summed E-state index contributed by atoms with van der Waals surface area (Å²) in [5, 5.41) is 22.7. The number of nitrogens with zero attached hydrogens (tertiary/aromatic N) is 2. The minimum absolute atomic E-state index is 0.0417. The van der Waals surface area contributed by atoms with Crippen molar-refractivity contribution in [2.24, 2.45) is 7.05 Å². The van der Waals surface area contributed by atoms with Crippen molar-refractivity contribution >= 4 is 5.97 Å². The van der Waals surface area contributed by atoms with Crippen molar-refractivity contribution in [1.29, 1.82) is 0 Å². The van der Waals surface area contributed by atoms with Crippen molar-refractivity contribution in [3.63, 3.8) is 0 Å². The number of aryl methyl sites for hydroxylation is 1. The van der Waals surface area contributed by atoms with Gasteiger partial charge in [0.05, 0.1) is 12.8 Å². The third-order valence-electron chi connectivity index (χ3n) is 2.59. The average molecular weight is 248 g/mol. The van der Waals surface area contributed by atoms with E-state index in [4.69, 9.17) is 9.84 Å². The minimum Gasteiger partial charge on any atom is -0.504 e. The number of benzene rings is 1. The minimum atomic E-state index is -1.11. The summed E-state index contributed by atoms with van der Waals surface area (Å²) in [4.78, 5) is 10.8. The number of phenols is 1. The fraction of sp³-hybridized carbons (Fsp3) is 0.167. The molecule has 1 aromatic heterocycles. The number of aromatic hydroxyl groups is 1. The van der Waals surface area contributed by atoms with E-state index in [0.29, 0.717) is 17.0 Å². The van der Waals surface area contributed by atoms with E-state index < -0.39 is 5.97 Å². The monoisotopic (exact) mass is 248 g/mol. The number of carbonyl (C=O) groups is 1. The molecule has 0 spiro atoms. The second kappa shape index (κ2) is 4.40. The Morgan fingerprint density at radius 3 is 2.72 bits per heavy atom. The summed E-state index contributed by atoms with van der Waals surface area (Å²) in [6, 6.07) is 6.39. The highest BCUT2D eigenvalue weighted by atomic mass is 16.5. The molecule has 2 rings (SSSR count). The molecule has 0 atom stereocenters. The number of carboxylic acid groups (broad SMARTS) is 1. The Labute approximate surface area is 103 Å². The summed E-state index contributed by atoms with van der Waals surface area (Å²) in [5.74, 6) is -0.829. The van der Waals surface area contributed by atoms with Gasteiger partial charge < -0.3 is 14.9 Å². The van der Waals surface area contributed by atoms with Gasteiger partial charge in [0.1, 0.15) is 0 Å². The van der Waals surface area contributed by atoms with Gasteiger partial charge in [-0.3, -0.25) is 4.68 Å². The van der Waals surface area contributed by atoms with Gasteiger partial charge in [0, 0.05) is 12.6 Å². The number of carboxylic acids is 1. The van der Waals surface area contributed by atoms with Crippen LogP contribution in [0.25, 0.3) is 11.3 Å². The molecule has 0 fully saturated rings. The Hall–Kier alpha value is -2.50. The van der Waals surface area contributed by atoms with Crippen LogP contribution in [0, 0.1) is 0 Å². The average Bonchev–Trinajstić information content (AvgIpc) is 2.72. The van der Waals surface area contributed by atoms with Crippen molar-refractivity contribution in [3.8, 4) is 22.8 Å². The number of phenolic OH excluding ortho intramolecular Hbond substituents is 1. The number of hydrogen-bond donors (Lipinski definition) is 2. The second-order valence-corrected chi connectivity index (χ2v) is 3.70. The van der Waals surface area contributed by atoms with Gasteiger partial charge in [-0.2, -0.15) is 5.10 Å². The maximum absolute atomic E-state index is 10.8. The molecule has 0 radical (unpaired) electrons. The van der Waals surface area contributed by atoms with E-state index in [-0.39, 0.29) is 11.4 Å². The Morgan fingerprint density at radius 1 is 1.44 bits per heavy atom. The van der Waals surface area contributed by atoms with Crippen LogP contribution in [0.3, 0.4) is 0 Å². The molecule has 6 heteroatoms. The molecule has 1 aromatic carbocycles. The second-order valence-electron chi connectivity index (χ2n) is 3.70. The maximum atomic E-state index is 10.8. The van der Waals surface area contributed by atoms with Crippen LogP contribution >= 0.6 is 0 Å². The van der Waals surface area contributed by atoms with Crippen LogP contribution in [0.15, 0.2) is 24.3 Å². The first-order valence-corrected chi connectivity index (χ1v) is 5.18. The zero-order valence-corrected chi connectivity index (χ0v) is 9.91. The fourth-order valence-electron chi connectivity index (χ4n) is 1.72. The van der Waals surface area contributed by atoms with Crippen LogP contribution in [0.4, 0.5) is 0 Å². The number of aromatic nitrogens is 2. The Kier molecular flexibility index (Phi) is 2.93. The number of rotatable bonds is 3. The molecule has 2 aromatic rings. The molecule has 1 heterocycles. The summed E-state index contributed by atoms with van der Waals surface area (Å²) >= 11 is 0. The Bertz CT molecular complexity index is 604. The molecular weight excluding hydrogens is 236 g/mol. The first-order valence-electron chi connectivity index (χ1n) is 5.18. The summed E-state index contributed by atoms with van der Waals surface area (Å²) in [7, 11) is 3.06. The van der Waals surface area contributed by atoms with Gasteiger partial charge in [-0.15, -0.1) is 0 Å². The maximum Gasteiger partial charge on any atom is 0.356 e. The molecule has 0 aliphatic carbocycles. The summed E-state index contributed by atoms with van der Waals surface area (Å²) in [5.41, 5.74) is 0.898. The smallest absolute Gasteiger partial charge is 0.356 e. The number of methoxy groups -OCH3 is 1. The van der Waals surface area contributed by atoms with Gasteiger partial charge in [-0.25, -0.2) is 4.79 Å². The van der Waals surface area contributed by atoms with Crippen molar-refractivity contribution in [2.45, 2.75) is 0 Å². The fourth-order valence-corrected chi connectivity index (χ4v) is 1.72. The van der Waals surface area contributed by atoms with E-state index >= 15 is 0 Å². The molecule has 0 aliphatic heterocycles. The van der Waals surface area contributed by atoms with E-state index in [1.54, 1.807) is 25.2 Å². The predicted octanol–water partition coefficient (Wildman–Crippen LogP) is 1.50. The van der Waals surface area contributed by atoms with Gasteiger partial charge in [0.25, 0.3) is 0 Å². The lowest BCUT2D eigenvalue weighted by atomic mass is 10.1. The summed E-state index contributed by atoms with van der Waals surface area (Å²) in [6.45, 7) is 0. The Balaban J connectivity index is 2.58. The van der Waals surface area contributed by atoms with Crippen LogP contribution in [0.1, 0.15) is 10.5 Å². The van der Waals surface area contributed by atoms with Crippen LogP contribution in [0.2, 0.25) is 0 Å². The van der Waals surface area contributed by atoms with Crippen molar-refractivity contribution < 1.29 is 19.7 Å². The number of hydrogen-bond acceptors (Lipinski definition) is 4. The molecule has 0 saturated heterocycles. The molecule has 6 nitrogen and oxygen atoms in total. The lowest BCUT2D eigenvalue weighted by Gasteiger charge is -2.08. The first kappa shape index (κ1) is 12.0. The van der Waals surface area contributed by atoms with Crippen LogP contribution in [-0.4, -0.2) is 33.1 Å². The molecule has 0 bridgehead atoms. The largest absolute Gasteiger partial charge is 0.504 e. The van der Waals surface area contributed by atoms with Crippen molar-refractivity contribution in [2.75, 3.05) is 7.11 Å². The standard InChI is InChI=1S/C12H12N2O4/c1-14-9(6-8(13-14)12(16)17)7-4-3-5-10(18-2)11(7)15/h3-6,15H,1-2H3,(H,16,17). The van der Waals surface area contributed by atoms with E-state index in [1.165, 1.54) is 17.9 Å². The zero-order valence-electron chi connectivity index (χ0n) is 9.91.